The number of allylic oxidation sites excluding steroid dienone is 2. The van der Waals surface area contributed by atoms with E-state index in [9.17, 15) is 9.90 Å². The molecular weight excluding hydrogens is 324 g/mol. The number of carbonyl (C=O) groups excluding carboxylic acids is 1. The zero-order valence-corrected chi connectivity index (χ0v) is 14.6. The molecule has 0 atom stereocenters. The molecule has 128 valence electrons. The second-order valence-electron chi connectivity index (χ2n) is 6.51. The van der Waals surface area contributed by atoms with E-state index in [1.54, 1.807) is 18.2 Å². The van der Waals surface area contributed by atoms with Crippen LogP contribution in [0.1, 0.15) is 27.8 Å². The number of hydrogen-bond acceptors (Lipinski definition) is 3. The van der Waals surface area contributed by atoms with E-state index < -0.39 is 0 Å². The van der Waals surface area contributed by atoms with Crippen molar-refractivity contribution in [3.63, 3.8) is 0 Å². The number of hydrogen-bond donors (Lipinski definition) is 1. The molecule has 26 heavy (non-hydrogen) atoms. The van der Waals surface area contributed by atoms with Crippen molar-refractivity contribution in [3.05, 3.63) is 82.4 Å². The average molecular weight is 342 g/mol. The smallest absolute Gasteiger partial charge is 0.289 e. The molecule has 3 nitrogen and oxygen atoms in total. The van der Waals surface area contributed by atoms with Crippen LogP contribution in [0, 0.1) is 13.8 Å². The lowest BCUT2D eigenvalue weighted by Gasteiger charge is -2.12. The van der Waals surface area contributed by atoms with Crippen molar-refractivity contribution >= 4 is 23.5 Å². The molecule has 0 saturated carbocycles. The molecule has 0 spiro atoms. The molecule has 1 heterocycles. The van der Waals surface area contributed by atoms with Crippen molar-refractivity contribution in [1.29, 1.82) is 0 Å². The van der Waals surface area contributed by atoms with Gasteiger partial charge in [0.15, 0.2) is 5.78 Å². The number of benzene rings is 2. The van der Waals surface area contributed by atoms with E-state index in [0.29, 0.717) is 16.9 Å². The third kappa shape index (κ3) is 2.78. The van der Waals surface area contributed by atoms with Crippen LogP contribution in [-0.4, -0.2) is 10.9 Å². The number of carbonyl (C=O) groups is 1. The molecule has 0 bridgehead atoms. The molecule has 0 unspecified atom stereocenters. The van der Waals surface area contributed by atoms with Gasteiger partial charge in [-0.05, 0) is 60.4 Å². The van der Waals surface area contributed by atoms with Gasteiger partial charge in [-0.25, -0.2) is 0 Å². The summed E-state index contributed by atoms with van der Waals surface area (Å²) >= 11 is 0. The Morgan fingerprint density at radius 2 is 1.77 bits per heavy atom. The van der Waals surface area contributed by atoms with Crippen molar-refractivity contribution in [1.82, 2.24) is 0 Å². The third-order valence-corrected chi connectivity index (χ3v) is 4.76. The first-order chi connectivity index (χ1) is 12.5. The summed E-state index contributed by atoms with van der Waals surface area (Å²) in [5.74, 6) is 0.298. The monoisotopic (exact) mass is 342 g/mol. The number of rotatable bonds is 2. The maximum absolute atomic E-state index is 12.4. The lowest BCUT2D eigenvalue weighted by molar-refractivity contribution is -0.109. The highest BCUT2D eigenvalue weighted by molar-refractivity contribution is 6.33. The normalized spacial score (nSPS) is 14.7. The van der Waals surface area contributed by atoms with E-state index in [4.69, 9.17) is 4.42 Å². The molecule has 0 saturated heterocycles. The molecule has 0 amide bonds. The van der Waals surface area contributed by atoms with Crippen LogP contribution in [0.15, 0.2) is 59.0 Å². The van der Waals surface area contributed by atoms with Crippen molar-refractivity contribution in [2.45, 2.75) is 13.8 Å². The quantitative estimate of drug-likeness (QED) is 0.634. The van der Waals surface area contributed by atoms with Gasteiger partial charge >= 0.3 is 0 Å². The van der Waals surface area contributed by atoms with E-state index in [0.717, 1.165) is 22.3 Å². The van der Waals surface area contributed by atoms with Crippen LogP contribution in [0.4, 0.5) is 0 Å². The lowest BCUT2D eigenvalue weighted by atomic mass is 9.90. The minimum absolute atomic E-state index is 0.0861. The van der Waals surface area contributed by atoms with Crippen molar-refractivity contribution in [2.75, 3.05) is 0 Å². The van der Waals surface area contributed by atoms with Gasteiger partial charge in [-0.3, -0.25) is 4.79 Å². The fourth-order valence-electron chi connectivity index (χ4n) is 3.12. The Bertz CT molecular complexity index is 1080. The van der Waals surface area contributed by atoms with E-state index in [-0.39, 0.29) is 11.7 Å². The minimum Gasteiger partial charge on any atom is -0.480 e. The number of aromatic hydroxyl groups is 1. The second-order valence-corrected chi connectivity index (χ2v) is 6.51. The standard InChI is InChI=1S/C23H18O3/c1-14-7-8-17(11-15(14)2)22-13-18(23(25)26-22)12-20-19-6-4-3-5-16(19)9-10-21(20)24/h3-13,25H,1-2H3. The van der Waals surface area contributed by atoms with Crippen LogP contribution in [0.3, 0.4) is 0 Å². The maximum Gasteiger partial charge on any atom is 0.289 e. The Labute approximate surface area is 151 Å². The van der Waals surface area contributed by atoms with Crippen LogP contribution in [0.25, 0.3) is 29.0 Å². The van der Waals surface area contributed by atoms with Crippen LogP contribution in [0.2, 0.25) is 0 Å². The zero-order chi connectivity index (χ0) is 18.3. The summed E-state index contributed by atoms with van der Waals surface area (Å²) in [4.78, 5) is 12.4. The van der Waals surface area contributed by atoms with Crippen molar-refractivity contribution in [2.24, 2.45) is 0 Å². The fourth-order valence-corrected chi connectivity index (χ4v) is 3.12. The summed E-state index contributed by atoms with van der Waals surface area (Å²) in [6.45, 7) is 4.09. The highest BCUT2D eigenvalue weighted by Crippen LogP contribution is 2.35. The zero-order valence-electron chi connectivity index (χ0n) is 14.6. The fraction of sp³-hybridized carbons (Fsp3) is 0.0870. The Morgan fingerprint density at radius 1 is 0.962 bits per heavy atom. The molecule has 3 aromatic rings. The summed E-state index contributed by atoms with van der Waals surface area (Å²) in [6, 6.07) is 15.5. The summed E-state index contributed by atoms with van der Waals surface area (Å²) in [7, 11) is 0. The molecule has 0 radical (unpaired) electrons. The lowest BCUT2D eigenvalue weighted by Crippen LogP contribution is -2.04. The SMILES string of the molecule is Cc1ccc(-c2cc(C=C3C(=O)C=Cc4ccccc43)c(O)o2)cc1C. The van der Waals surface area contributed by atoms with Crippen molar-refractivity contribution < 1.29 is 14.3 Å². The van der Waals surface area contributed by atoms with Crippen LogP contribution >= 0.6 is 0 Å². The minimum atomic E-state index is -0.189. The second kappa shape index (κ2) is 6.19. The van der Waals surface area contributed by atoms with Crippen LogP contribution in [-0.2, 0) is 4.79 Å². The first-order valence-corrected chi connectivity index (χ1v) is 8.47. The summed E-state index contributed by atoms with van der Waals surface area (Å²) in [6.07, 6.45) is 5.05. The van der Waals surface area contributed by atoms with Crippen molar-refractivity contribution in [3.8, 4) is 17.3 Å². The topological polar surface area (TPSA) is 50.4 Å². The third-order valence-electron chi connectivity index (χ3n) is 4.76. The number of ketones is 1. The van der Waals surface area contributed by atoms with Gasteiger partial charge in [0.2, 0.25) is 0 Å². The van der Waals surface area contributed by atoms with Crippen LogP contribution in [0.5, 0.6) is 5.95 Å². The molecule has 3 heteroatoms. The average Bonchev–Trinajstić information content (AvgIpc) is 3.00. The summed E-state index contributed by atoms with van der Waals surface area (Å²) in [5, 5.41) is 10.2. The van der Waals surface area contributed by atoms with Gasteiger partial charge in [0.05, 0.1) is 5.56 Å². The molecule has 1 N–H and O–H groups in total. The maximum atomic E-state index is 12.4. The summed E-state index contributed by atoms with van der Waals surface area (Å²) in [5.41, 5.74) is 6.12. The van der Waals surface area contributed by atoms with Gasteiger partial charge in [-0.15, -0.1) is 0 Å². The van der Waals surface area contributed by atoms with Gasteiger partial charge in [0, 0.05) is 11.1 Å². The molecule has 1 aliphatic carbocycles. The Morgan fingerprint density at radius 3 is 2.58 bits per heavy atom. The van der Waals surface area contributed by atoms with Crippen LogP contribution < -0.4 is 0 Å². The number of fused-ring (bicyclic) bond motifs is 1. The molecule has 1 aliphatic rings. The van der Waals surface area contributed by atoms with Gasteiger partial charge < -0.3 is 9.52 Å². The highest BCUT2D eigenvalue weighted by Gasteiger charge is 2.19. The first kappa shape index (κ1) is 16.2. The van der Waals surface area contributed by atoms with E-state index in [1.807, 2.05) is 62.4 Å². The molecule has 2 aromatic carbocycles. The number of aryl methyl sites for hydroxylation is 2. The van der Waals surface area contributed by atoms with Gasteiger partial charge in [0.25, 0.3) is 5.95 Å². The Kier molecular flexibility index (Phi) is 3.85. The predicted molar refractivity (Wildman–Crippen MR) is 104 cm³/mol. The molecule has 0 fully saturated rings. The summed E-state index contributed by atoms with van der Waals surface area (Å²) < 4.78 is 5.54. The van der Waals surface area contributed by atoms with E-state index >= 15 is 0 Å². The van der Waals surface area contributed by atoms with E-state index in [2.05, 4.69) is 0 Å². The first-order valence-electron chi connectivity index (χ1n) is 8.47. The predicted octanol–water partition coefficient (Wildman–Crippen LogP) is 5.41. The Hall–Kier alpha value is -3.33. The number of furan rings is 1. The molecule has 4 rings (SSSR count). The highest BCUT2D eigenvalue weighted by atomic mass is 16.5. The van der Waals surface area contributed by atoms with Gasteiger partial charge in [-0.1, -0.05) is 42.5 Å². The molecule has 1 aromatic heterocycles. The van der Waals surface area contributed by atoms with Gasteiger partial charge in [0.1, 0.15) is 5.76 Å². The Balaban J connectivity index is 1.79. The largest absolute Gasteiger partial charge is 0.480 e. The molecular formula is C23H18O3. The molecule has 0 aliphatic heterocycles. The van der Waals surface area contributed by atoms with Gasteiger partial charge in [-0.2, -0.15) is 0 Å². The van der Waals surface area contributed by atoms with E-state index in [1.165, 1.54) is 5.56 Å².